The molecule has 0 radical (unpaired) electrons. The summed E-state index contributed by atoms with van der Waals surface area (Å²) in [5.41, 5.74) is 5.50. The van der Waals surface area contributed by atoms with Crippen molar-refractivity contribution in [2.45, 2.75) is 31.2 Å². The van der Waals surface area contributed by atoms with Gasteiger partial charge in [-0.1, -0.05) is 48.5 Å². The lowest BCUT2D eigenvalue weighted by atomic mass is 9.89. The number of fused-ring (bicyclic) bond motifs is 1. The zero-order chi connectivity index (χ0) is 25.2. The van der Waals surface area contributed by atoms with E-state index in [-0.39, 0.29) is 30.2 Å². The summed E-state index contributed by atoms with van der Waals surface area (Å²) < 4.78 is 0. The van der Waals surface area contributed by atoms with Crippen molar-refractivity contribution in [1.29, 1.82) is 0 Å². The number of amides is 2. The smallest absolute Gasteiger partial charge is 0.252 e. The van der Waals surface area contributed by atoms with E-state index in [0.717, 1.165) is 40.8 Å². The van der Waals surface area contributed by atoms with Gasteiger partial charge in [0, 0.05) is 54.3 Å². The Hall–Kier alpha value is -4.39. The van der Waals surface area contributed by atoms with E-state index in [1.165, 1.54) is 0 Å². The van der Waals surface area contributed by atoms with E-state index in [4.69, 9.17) is 4.98 Å². The molecule has 6 rings (SSSR count). The van der Waals surface area contributed by atoms with Gasteiger partial charge < -0.3 is 10.2 Å². The van der Waals surface area contributed by atoms with Crippen molar-refractivity contribution in [1.82, 2.24) is 25.2 Å². The molecule has 7 heteroatoms. The van der Waals surface area contributed by atoms with E-state index in [1.54, 1.807) is 12.4 Å². The molecule has 0 saturated carbocycles. The normalized spacial score (nSPS) is 18.8. The number of carbonyl (C=O) groups excluding carboxylic acids is 2. The van der Waals surface area contributed by atoms with Gasteiger partial charge >= 0.3 is 0 Å². The largest absolute Gasteiger partial charge is 0.345 e. The molecule has 1 fully saturated rings. The molecule has 2 aliphatic rings. The fraction of sp³-hybridized carbons (Fsp3) is 0.233. The van der Waals surface area contributed by atoms with Crippen LogP contribution in [-0.4, -0.2) is 44.8 Å². The first-order valence-corrected chi connectivity index (χ1v) is 12.7. The fourth-order valence-corrected chi connectivity index (χ4v) is 5.40. The Morgan fingerprint density at radius 2 is 1.73 bits per heavy atom. The van der Waals surface area contributed by atoms with Crippen molar-refractivity contribution < 1.29 is 9.59 Å². The van der Waals surface area contributed by atoms with Crippen molar-refractivity contribution in [3.8, 4) is 22.5 Å². The number of nitrogens with one attached hydrogen (secondary N) is 1. The molecule has 0 aliphatic carbocycles. The van der Waals surface area contributed by atoms with Gasteiger partial charge in [-0.2, -0.15) is 0 Å². The SMILES string of the molecule is O=C1N[C@@H](CC(=O)N2CCC[C@@H](c3nc(-c4ccncc4)ncc3-c3ccccc3)C2)c2ccccc21. The van der Waals surface area contributed by atoms with Crippen LogP contribution in [0.2, 0.25) is 0 Å². The van der Waals surface area contributed by atoms with Gasteiger partial charge in [0.2, 0.25) is 5.91 Å². The molecule has 2 amide bonds. The molecule has 4 aromatic rings. The van der Waals surface area contributed by atoms with Gasteiger partial charge in [-0.3, -0.25) is 14.6 Å². The predicted octanol–water partition coefficient (Wildman–Crippen LogP) is 4.79. The number of benzene rings is 2. The van der Waals surface area contributed by atoms with Crippen molar-refractivity contribution in [3.05, 3.63) is 102 Å². The number of likely N-dealkylation sites (tertiary alicyclic amines) is 1. The summed E-state index contributed by atoms with van der Waals surface area (Å²) in [6, 6.07) is 21.2. The van der Waals surface area contributed by atoms with Crippen LogP contribution in [0.4, 0.5) is 0 Å². The van der Waals surface area contributed by atoms with Crippen LogP contribution in [0.3, 0.4) is 0 Å². The maximum atomic E-state index is 13.4. The highest BCUT2D eigenvalue weighted by molar-refractivity contribution is 5.99. The van der Waals surface area contributed by atoms with Crippen LogP contribution in [0, 0.1) is 0 Å². The third-order valence-corrected chi connectivity index (χ3v) is 7.27. The zero-order valence-electron chi connectivity index (χ0n) is 20.4. The lowest BCUT2D eigenvalue weighted by Crippen LogP contribution is -2.40. The molecule has 2 aromatic carbocycles. The number of rotatable bonds is 5. The van der Waals surface area contributed by atoms with Gasteiger partial charge in [-0.05, 0) is 42.2 Å². The molecular formula is C30H27N5O2. The number of piperidine rings is 1. The van der Waals surface area contributed by atoms with Crippen LogP contribution in [0.1, 0.15) is 52.8 Å². The minimum Gasteiger partial charge on any atom is -0.345 e. The second-order valence-electron chi connectivity index (χ2n) is 9.59. The predicted molar refractivity (Wildman–Crippen MR) is 141 cm³/mol. The summed E-state index contributed by atoms with van der Waals surface area (Å²) in [6.07, 6.45) is 7.48. The Balaban J connectivity index is 1.28. The molecule has 2 atom stereocenters. The van der Waals surface area contributed by atoms with Crippen LogP contribution in [0.5, 0.6) is 0 Å². The van der Waals surface area contributed by atoms with Crippen LogP contribution in [0.25, 0.3) is 22.5 Å². The zero-order valence-corrected chi connectivity index (χ0v) is 20.4. The first-order chi connectivity index (χ1) is 18.2. The van der Waals surface area contributed by atoms with Gasteiger partial charge in [0.15, 0.2) is 5.82 Å². The maximum Gasteiger partial charge on any atom is 0.252 e. The molecule has 0 spiro atoms. The number of nitrogens with zero attached hydrogens (tertiary/aromatic N) is 4. The average Bonchev–Trinajstić information content (AvgIpc) is 3.28. The molecule has 1 N–H and O–H groups in total. The molecule has 2 aliphatic heterocycles. The number of hydrogen-bond donors (Lipinski definition) is 1. The Labute approximate surface area is 215 Å². The van der Waals surface area contributed by atoms with Gasteiger partial charge in [0.05, 0.1) is 18.2 Å². The Morgan fingerprint density at radius 3 is 2.57 bits per heavy atom. The van der Waals surface area contributed by atoms with Crippen LogP contribution in [-0.2, 0) is 4.79 Å². The number of hydrogen-bond acceptors (Lipinski definition) is 5. The molecule has 4 heterocycles. The van der Waals surface area contributed by atoms with E-state index in [0.29, 0.717) is 24.5 Å². The quantitative estimate of drug-likeness (QED) is 0.436. The lowest BCUT2D eigenvalue weighted by molar-refractivity contribution is -0.132. The van der Waals surface area contributed by atoms with E-state index >= 15 is 0 Å². The maximum absolute atomic E-state index is 13.4. The van der Waals surface area contributed by atoms with Gasteiger partial charge in [0.1, 0.15) is 0 Å². The van der Waals surface area contributed by atoms with Crippen molar-refractivity contribution >= 4 is 11.8 Å². The number of aromatic nitrogens is 3. The van der Waals surface area contributed by atoms with Crippen molar-refractivity contribution in [2.75, 3.05) is 13.1 Å². The minimum absolute atomic E-state index is 0.0522. The third kappa shape index (κ3) is 4.60. The number of pyridine rings is 1. The molecule has 2 aromatic heterocycles. The lowest BCUT2D eigenvalue weighted by Gasteiger charge is -2.34. The molecule has 0 bridgehead atoms. The van der Waals surface area contributed by atoms with E-state index in [2.05, 4.69) is 27.4 Å². The molecular weight excluding hydrogens is 462 g/mol. The van der Waals surface area contributed by atoms with Crippen LogP contribution >= 0.6 is 0 Å². The molecule has 0 unspecified atom stereocenters. The summed E-state index contributed by atoms with van der Waals surface area (Å²) in [5.74, 6) is 0.686. The van der Waals surface area contributed by atoms with Crippen LogP contribution < -0.4 is 5.32 Å². The highest BCUT2D eigenvalue weighted by atomic mass is 16.2. The average molecular weight is 490 g/mol. The van der Waals surface area contributed by atoms with Gasteiger partial charge in [0.25, 0.3) is 5.91 Å². The second kappa shape index (κ2) is 9.93. The van der Waals surface area contributed by atoms with E-state index < -0.39 is 0 Å². The summed E-state index contributed by atoms with van der Waals surface area (Å²) in [5, 5.41) is 2.98. The van der Waals surface area contributed by atoms with Gasteiger partial charge in [-0.15, -0.1) is 0 Å². The molecule has 37 heavy (non-hydrogen) atoms. The van der Waals surface area contributed by atoms with Crippen molar-refractivity contribution in [3.63, 3.8) is 0 Å². The summed E-state index contributed by atoms with van der Waals surface area (Å²) in [7, 11) is 0. The van der Waals surface area contributed by atoms with Crippen LogP contribution in [0.15, 0.2) is 85.3 Å². The van der Waals surface area contributed by atoms with Crippen molar-refractivity contribution in [2.24, 2.45) is 0 Å². The van der Waals surface area contributed by atoms with Gasteiger partial charge in [-0.25, -0.2) is 9.97 Å². The molecule has 184 valence electrons. The minimum atomic E-state index is -0.284. The highest BCUT2D eigenvalue weighted by Crippen LogP contribution is 2.35. The van der Waals surface area contributed by atoms with E-state index in [1.807, 2.05) is 65.7 Å². The second-order valence-corrected chi connectivity index (χ2v) is 9.59. The summed E-state index contributed by atoms with van der Waals surface area (Å²) in [6.45, 7) is 1.30. The third-order valence-electron chi connectivity index (χ3n) is 7.27. The Bertz CT molecular complexity index is 1440. The standard InChI is InChI=1S/C30H27N5O2/c36-27(17-26-23-10-4-5-11-24(23)30(37)33-26)35-16-6-9-22(19-35)28-25(20-7-2-1-3-8-20)18-32-29(34-28)21-12-14-31-15-13-21/h1-5,7-8,10-15,18,22,26H,6,9,16-17,19H2,(H,33,37)/t22-,26+/m1/s1. The summed E-state index contributed by atoms with van der Waals surface area (Å²) >= 11 is 0. The fourth-order valence-electron chi connectivity index (χ4n) is 5.40. The van der Waals surface area contributed by atoms with E-state index in [9.17, 15) is 9.59 Å². The summed E-state index contributed by atoms with van der Waals surface area (Å²) in [4.78, 5) is 41.5. The first kappa shape index (κ1) is 23.0. The highest BCUT2D eigenvalue weighted by Gasteiger charge is 2.33. The molecule has 1 saturated heterocycles. The first-order valence-electron chi connectivity index (χ1n) is 12.7. The monoisotopic (exact) mass is 489 g/mol. The topological polar surface area (TPSA) is 88.1 Å². The number of carbonyl (C=O) groups is 2. The molecule has 7 nitrogen and oxygen atoms in total. The Morgan fingerprint density at radius 1 is 0.946 bits per heavy atom. The Kier molecular flexibility index (Phi) is 6.18.